The monoisotopic (exact) mass is 511 g/mol. The molecule has 1 aliphatic rings. The van der Waals surface area contributed by atoms with Crippen LogP contribution in [-0.4, -0.2) is 66.0 Å². The summed E-state index contributed by atoms with van der Waals surface area (Å²) in [5.74, 6) is 1.71. The van der Waals surface area contributed by atoms with Gasteiger partial charge >= 0.3 is 0 Å². The maximum absolute atomic E-state index is 6.15. The number of hydrogen-bond donors (Lipinski definition) is 1. The van der Waals surface area contributed by atoms with Crippen molar-refractivity contribution in [2.24, 2.45) is 5.92 Å². The molecule has 6 rings (SSSR count). The minimum absolute atomic E-state index is 0.136. The smallest absolute Gasteiger partial charge is 0.233 e. The zero-order chi connectivity index (χ0) is 26.2. The molecule has 0 aromatic carbocycles. The van der Waals surface area contributed by atoms with Gasteiger partial charge in [-0.25, -0.2) is 14.6 Å². The number of nitrogen functional groups attached to an aromatic ring is 1. The Morgan fingerprint density at radius 3 is 2.74 bits per heavy atom. The molecule has 6 heterocycles. The summed E-state index contributed by atoms with van der Waals surface area (Å²) in [5.41, 5.74) is 11.5. The summed E-state index contributed by atoms with van der Waals surface area (Å²) in [6.45, 7) is 7.03. The van der Waals surface area contributed by atoms with Crippen molar-refractivity contribution >= 4 is 22.4 Å². The van der Waals surface area contributed by atoms with Crippen molar-refractivity contribution in [2.75, 3.05) is 32.5 Å². The van der Waals surface area contributed by atoms with Crippen LogP contribution in [0.15, 0.2) is 48.9 Å². The van der Waals surface area contributed by atoms with Crippen LogP contribution < -0.4 is 10.5 Å². The molecule has 38 heavy (non-hydrogen) atoms. The second-order valence-electron chi connectivity index (χ2n) is 10.2. The molecule has 0 saturated carbocycles. The number of nitrogens with zero attached hydrogens (tertiary/aromatic N) is 8. The third-order valence-corrected chi connectivity index (χ3v) is 7.72. The molecule has 2 N–H and O–H groups in total. The molecule has 1 aliphatic heterocycles. The topological polar surface area (TPSA) is 112 Å². The molecule has 0 spiro atoms. The molecule has 0 aliphatic carbocycles. The average Bonchev–Trinajstić information content (AvgIpc) is 3.49. The number of rotatable bonds is 7. The van der Waals surface area contributed by atoms with Gasteiger partial charge in [0.25, 0.3) is 0 Å². The number of aromatic nitrogens is 7. The van der Waals surface area contributed by atoms with Gasteiger partial charge in [0.15, 0.2) is 5.65 Å². The van der Waals surface area contributed by atoms with Crippen molar-refractivity contribution in [2.45, 2.75) is 39.2 Å². The van der Waals surface area contributed by atoms with Crippen LogP contribution >= 0.6 is 0 Å². The van der Waals surface area contributed by atoms with Gasteiger partial charge in [-0.3, -0.25) is 0 Å². The van der Waals surface area contributed by atoms with Gasteiger partial charge in [0.1, 0.15) is 17.8 Å². The van der Waals surface area contributed by atoms with Crippen LogP contribution in [-0.2, 0) is 0 Å². The molecule has 10 nitrogen and oxygen atoms in total. The fourth-order valence-corrected chi connectivity index (χ4v) is 5.51. The Morgan fingerprint density at radius 1 is 1.11 bits per heavy atom. The summed E-state index contributed by atoms with van der Waals surface area (Å²) < 4.78 is 10.0. The summed E-state index contributed by atoms with van der Waals surface area (Å²) in [4.78, 5) is 11.0. The average molecular weight is 512 g/mol. The maximum atomic E-state index is 6.15. The molecule has 1 saturated heterocycles. The highest BCUT2D eigenvalue weighted by atomic mass is 16.5. The highest BCUT2D eigenvalue weighted by Crippen LogP contribution is 2.34. The Balaban J connectivity index is 1.29. The molecule has 5 aromatic rings. The molecule has 5 aromatic heterocycles. The first-order chi connectivity index (χ1) is 18.5. The second kappa shape index (κ2) is 10.0. The molecule has 0 amide bonds. The Morgan fingerprint density at radius 2 is 1.95 bits per heavy atom. The Bertz CT molecular complexity index is 1570. The Kier molecular flexibility index (Phi) is 6.40. The van der Waals surface area contributed by atoms with E-state index >= 15 is 0 Å². The lowest BCUT2D eigenvalue weighted by Crippen LogP contribution is -2.30. The first-order valence-corrected chi connectivity index (χ1v) is 13.2. The standard InChI is InChI=1S/C28H33N9O/c1-18-25-27(29)30-17-31-28(25)37(34-18)19(2)22-16-21-6-4-5-12-36(21)26(22)23-7-8-24(33-32-23)38-15-11-20-9-13-35(3)14-10-20/h4-8,12,16-17,19-20H,9-11,13-15H2,1-3H3,(H2,29,30,31). The maximum Gasteiger partial charge on any atom is 0.233 e. The summed E-state index contributed by atoms with van der Waals surface area (Å²) in [5, 5.41) is 14.6. The number of pyridine rings is 1. The van der Waals surface area contributed by atoms with E-state index in [0.717, 1.165) is 45.9 Å². The quantitative estimate of drug-likeness (QED) is 0.347. The van der Waals surface area contributed by atoms with Crippen molar-refractivity contribution in [3.63, 3.8) is 0 Å². The van der Waals surface area contributed by atoms with Crippen LogP contribution in [0.25, 0.3) is 27.9 Å². The number of hydrogen-bond acceptors (Lipinski definition) is 8. The minimum atomic E-state index is -0.136. The minimum Gasteiger partial charge on any atom is -0.477 e. The first-order valence-electron chi connectivity index (χ1n) is 13.2. The third kappa shape index (κ3) is 4.45. The molecule has 0 bridgehead atoms. The fraction of sp³-hybridized carbons (Fsp3) is 0.393. The summed E-state index contributed by atoms with van der Waals surface area (Å²) >= 11 is 0. The molecule has 1 fully saturated rings. The highest BCUT2D eigenvalue weighted by Gasteiger charge is 2.24. The molecule has 1 atom stereocenters. The molecule has 0 radical (unpaired) electrons. The van der Waals surface area contributed by atoms with Gasteiger partial charge in [0, 0.05) is 23.3 Å². The van der Waals surface area contributed by atoms with Gasteiger partial charge in [-0.05, 0) is 83.4 Å². The summed E-state index contributed by atoms with van der Waals surface area (Å²) in [7, 11) is 2.19. The Hall–Kier alpha value is -4.05. The summed E-state index contributed by atoms with van der Waals surface area (Å²) in [6, 6.07) is 12.1. The number of fused-ring (bicyclic) bond motifs is 2. The van der Waals surface area contributed by atoms with E-state index in [1.807, 2.05) is 42.1 Å². The largest absolute Gasteiger partial charge is 0.477 e. The number of ether oxygens (including phenoxy) is 1. The predicted molar refractivity (Wildman–Crippen MR) is 147 cm³/mol. The van der Waals surface area contributed by atoms with Crippen molar-refractivity contribution in [3.05, 3.63) is 60.2 Å². The third-order valence-electron chi connectivity index (χ3n) is 7.72. The van der Waals surface area contributed by atoms with Crippen molar-refractivity contribution in [1.29, 1.82) is 0 Å². The van der Waals surface area contributed by atoms with E-state index in [0.29, 0.717) is 24.0 Å². The number of likely N-dealkylation sites (tertiary alicyclic amines) is 1. The van der Waals surface area contributed by atoms with Crippen molar-refractivity contribution in [3.8, 4) is 17.3 Å². The van der Waals surface area contributed by atoms with Gasteiger partial charge in [-0.1, -0.05) is 6.07 Å². The van der Waals surface area contributed by atoms with E-state index in [1.165, 1.54) is 32.3 Å². The number of nitrogens with two attached hydrogens (primary N) is 1. The van der Waals surface area contributed by atoms with Gasteiger partial charge in [-0.2, -0.15) is 5.10 Å². The van der Waals surface area contributed by atoms with Crippen LogP contribution in [0.2, 0.25) is 0 Å². The first kappa shape index (κ1) is 24.3. The van der Waals surface area contributed by atoms with Gasteiger partial charge in [0.2, 0.25) is 5.88 Å². The van der Waals surface area contributed by atoms with E-state index in [-0.39, 0.29) is 6.04 Å². The number of piperidine rings is 1. The van der Waals surface area contributed by atoms with E-state index in [1.54, 1.807) is 0 Å². The molecule has 10 heteroatoms. The van der Waals surface area contributed by atoms with Gasteiger partial charge in [-0.15, -0.1) is 10.2 Å². The van der Waals surface area contributed by atoms with Crippen LogP contribution in [0.5, 0.6) is 5.88 Å². The van der Waals surface area contributed by atoms with Crippen molar-refractivity contribution < 1.29 is 4.74 Å². The molecule has 196 valence electrons. The van der Waals surface area contributed by atoms with E-state index in [2.05, 4.69) is 55.6 Å². The van der Waals surface area contributed by atoms with Crippen molar-refractivity contribution in [1.82, 2.24) is 39.2 Å². The fourth-order valence-electron chi connectivity index (χ4n) is 5.51. The normalized spacial score (nSPS) is 15.9. The summed E-state index contributed by atoms with van der Waals surface area (Å²) in [6.07, 6.45) is 7.04. The molecule has 1 unspecified atom stereocenters. The zero-order valence-electron chi connectivity index (χ0n) is 22.1. The van der Waals surface area contributed by atoms with Crippen LogP contribution in [0.4, 0.5) is 5.82 Å². The SMILES string of the molecule is Cc1nn(C(C)c2cc3ccccn3c2-c2ccc(OCCC3CCN(C)CC3)nn2)c2ncnc(N)c12. The van der Waals surface area contributed by atoms with Gasteiger partial charge in [0.05, 0.1) is 29.4 Å². The lowest BCUT2D eigenvalue weighted by Gasteiger charge is -2.28. The van der Waals surface area contributed by atoms with Crippen LogP contribution in [0.3, 0.4) is 0 Å². The highest BCUT2D eigenvalue weighted by molar-refractivity contribution is 5.88. The van der Waals surface area contributed by atoms with Crippen LogP contribution in [0.1, 0.15) is 43.5 Å². The van der Waals surface area contributed by atoms with E-state index in [4.69, 9.17) is 15.6 Å². The zero-order valence-corrected chi connectivity index (χ0v) is 22.1. The van der Waals surface area contributed by atoms with Gasteiger partial charge < -0.3 is 19.8 Å². The lowest BCUT2D eigenvalue weighted by molar-refractivity contribution is 0.185. The van der Waals surface area contributed by atoms with E-state index in [9.17, 15) is 0 Å². The molecular weight excluding hydrogens is 478 g/mol. The predicted octanol–water partition coefficient (Wildman–Crippen LogP) is 4.15. The number of aryl methyl sites for hydroxylation is 1. The number of anilines is 1. The van der Waals surface area contributed by atoms with Crippen LogP contribution in [0, 0.1) is 12.8 Å². The molecular formula is C28H33N9O. The lowest BCUT2D eigenvalue weighted by atomic mass is 9.94. The Labute approximate surface area is 221 Å². The second-order valence-corrected chi connectivity index (χ2v) is 10.2. The van der Waals surface area contributed by atoms with E-state index < -0.39 is 0 Å².